The number of fused-ring (bicyclic) bond motifs is 1. The lowest BCUT2D eigenvalue weighted by Crippen LogP contribution is -2.11. The number of hydrogen-bond donors (Lipinski definition) is 2. The number of methoxy groups -OCH3 is 1. The molecule has 0 aliphatic rings. The van der Waals surface area contributed by atoms with Crippen molar-refractivity contribution in [3.05, 3.63) is 58.4 Å². The third-order valence-corrected chi connectivity index (χ3v) is 5.40. The Balaban J connectivity index is 2.25. The second-order valence-corrected chi connectivity index (χ2v) is 7.66. The Morgan fingerprint density at radius 2 is 1.96 bits per heavy atom. The number of carbonyl (C=O) groups excluding carboxylic acids is 1. The van der Waals surface area contributed by atoms with Crippen molar-refractivity contribution in [1.29, 1.82) is 0 Å². The molecule has 0 spiro atoms. The van der Waals surface area contributed by atoms with Gasteiger partial charge in [0.1, 0.15) is 22.1 Å². The summed E-state index contributed by atoms with van der Waals surface area (Å²) in [5, 5.41) is 11.7. The number of benzene rings is 2. The van der Waals surface area contributed by atoms with Crippen molar-refractivity contribution in [2.75, 3.05) is 26.9 Å². The van der Waals surface area contributed by atoms with Gasteiger partial charge in [-0.05, 0) is 49.8 Å². The number of phenolic OH excluding ortho intramolecular Hbond substituents is 1. The molecular formula is C20H21FN2O3S. The molecule has 0 aliphatic carbocycles. The van der Waals surface area contributed by atoms with E-state index >= 15 is 0 Å². The minimum absolute atomic E-state index is 0.144. The minimum atomic E-state index is -0.513. The molecule has 0 saturated heterocycles. The molecule has 0 radical (unpaired) electrons. The van der Waals surface area contributed by atoms with Crippen molar-refractivity contribution in [2.45, 2.75) is 13.0 Å². The number of aromatic hydroxyl groups is 1. The fraction of sp³-hybridized carbons (Fsp3) is 0.250. The SMILES string of the molecule is COC(=O)c1c(N)sc2c(CN(C)C)c(O)cc(Cc3ccc(F)cc3)c12. The van der Waals surface area contributed by atoms with Crippen molar-refractivity contribution < 1.29 is 19.0 Å². The highest BCUT2D eigenvalue weighted by atomic mass is 32.1. The number of anilines is 1. The Hall–Kier alpha value is -2.64. The van der Waals surface area contributed by atoms with E-state index in [1.54, 1.807) is 18.2 Å². The lowest BCUT2D eigenvalue weighted by molar-refractivity contribution is 0.0604. The molecule has 2 aromatic carbocycles. The van der Waals surface area contributed by atoms with Crippen LogP contribution in [-0.2, 0) is 17.7 Å². The first-order chi connectivity index (χ1) is 12.8. The van der Waals surface area contributed by atoms with E-state index in [0.29, 0.717) is 34.5 Å². The Morgan fingerprint density at radius 3 is 2.56 bits per heavy atom. The van der Waals surface area contributed by atoms with Crippen LogP contribution in [0, 0.1) is 5.82 Å². The van der Waals surface area contributed by atoms with Gasteiger partial charge in [0.15, 0.2) is 0 Å². The summed E-state index contributed by atoms with van der Waals surface area (Å²) in [5.74, 6) is -0.685. The smallest absolute Gasteiger partial charge is 0.341 e. The minimum Gasteiger partial charge on any atom is -0.508 e. The van der Waals surface area contributed by atoms with Gasteiger partial charge in [-0.15, -0.1) is 11.3 Å². The number of nitrogen functional groups attached to an aromatic ring is 1. The van der Waals surface area contributed by atoms with Crippen molar-refractivity contribution in [3.63, 3.8) is 0 Å². The molecule has 3 N–H and O–H groups in total. The van der Waals surface area contributed by atoms with Gasteiger partial charge in [0.25, 0.3) is 0 Å². The number of rotatable bonds is 5. The second-order valence-electron chi connectivity index (χ2n) is 6.61. The van der Waals surface area contributed by atoms with Gasteiger partial charge in [0.05, 0.1) is 7.11 Å². The van der Waals surface area contributed by atoms with E-state index in [9.17, 15) is 14.3 Å². The number of nitrogens with zero attached hydrogens (tertiary/aromatic N) is 1. The second kappa shape index (κ2) is 7.54. The van der Waals surface area contributed by atoms with E-state index in [0.717, 1.165) is 15.8 Å². The lowest BCUT2D eigenvalue weighted by Gasteiger charge is -2.15. The Labute approximate surface area is 160 Å². The molecule has 0 unspecified atom stereocenters. The molecule has 7 heteroatoms. The zero-order chi connectivity index (χ0) is 19.7. The summed E-state index contributed by atoms with van der Waals surface area (Å²) >= 11 is 1.26. The number of carbonyl (C=O) groups is 1. The fourth-order valence-corrected chi connectivity index (χ4v) is 4.28. The van der Waals surface area contributed by atoms with Crippen LogP contribution in [0.15, 0.2) is 30.3 Å². The maximum absolute atomic E-state index is 13.2. The molecule has 0 bridgehead atoms. The van der Waals surface area contributed by atoms with Crippen molar-refractivity contribution >= 4 is 32.4 Å². The first-order valence-electron chi connectivity index (χ1n) is 8.35. The van der Waals surface area contributed by atoms with E-state index in [-0.39, 0.29) is 11.6 Å². The van der Waals surface area contributed by atoms with Crippen LogP contribution in [0.4, 0.5) is 9.39 Å². The average Bonchev–Trinajstić information content (AvgIpc) is 2.96. The highest BCUT2D eigenvalue weighted by Gasteiger charge is 2.24. The van der Waals surface area contributed by atoms with Crippen molar-refractivity contribution in [2.24, 2.45) is 0 Å². The van der Waals surface area contributed by atoms with Crippen LogP contribution in [-0.4, -0.2) is 37.2 Å². The number of thiophene rings is 1. The van der Waals surface area contributed by atoms with Crippen molar-refractivity contribution in [3.8, 4) is 5.75 Å². The van der Waals surface area contributed by atoms with Gasteiger partial charge < -0.3 is 20.5 Å². The molecule has 0 atom stereocenters. The Bertz CT molecular complexity index is 997. The summed E-state index contributed by atoms with van der Waals surface area (Å²) in [6.45, 7) is 0.500. The molecule has 5 nitrogen and oxygen atoms in total. The number of halogens is 1. The number of hydrogen-bond acceptors (Lipinski definition) is 6. The fourth-order valence-electron chi connectivity index (χ4n) is 3.14. The van der Waals surface area contributed by atoms with E-state index in [4.69, 9.17) is 10.5 Å². The van der Waals surface area contributed by atoms with Gasteiger partial charge in [-0.25, -0.2) is 9.18 Å². The summed E-state index contributed by atoms with van der Waals surface area (Å²) in [6, 6.07) is 7.79. The molecule has 142 valence electrons. The van der Waals surface area contributed by atoms with E-state index in [1.807, 2.05) is 19.0 Å². The Kier molecular flexibility index (Phi) is 5.34. The van der Waals surface area contributed by atoms with Gasteiger partial charge in [-0.2, -0.15) is 0 Å². The van der Waals surface area contributed by atoms with Crippen molar-refractivity contribution in [1.82, 2.24) is 4.90 Å². The predicted molar refractivity (Wildman–Crippen MR) is 106 cm³/mol. The van der Waals surface area contributed by atoms with Gasteiger partial charge in [0.2, 0.25) is 0 Å². The van der Waals surface area contributed by atoms with E-state index in [1.165, 1.54) is 30.6 Å². The van der Waals surface area contributed by atoms with Crippen LogP contribution in [0.2, 0.25) is 0 Å². The zero-order valence-corrected chi connectivity index (χ0v) is 16.2. The van der Waals surface area contributed by atoms with E-state index < -0.39 is 5.97 Å². The number of phenols is 1. The summed E-state index contributed by atoms with van der Waals surface area (Å²) in [4.78, 5) is 14.3. The largest absolute Gasteiger partial charge is 0.508 e. The van der Waals surface area contributed by atoms with Crippen LogP contribution < -0.4 is 5.73 Å². The van der Waals surface area contributed by atoms with Crippen LogP contribution >= 0.6 is 11.3 Å². The quantitative estimate of drug-likeness (QED) is 0.651. The third-order valence-electron chi connectivity index (χ3n) is 4.32. The van der Waals surface area contributed by atoms with Gasteiger partial charge >= 0.3 is 5.97 Å². The first-order valence-corrected chi connectivity index (χ1v) is 9.16. The molecule has 0 amide bonds. The van der Waals surface area contributed by atoms with Crippen LogP contribution in [0.1, 0.15) is 27.0 Å². The standard InChI is InChI=1S/C20H21FN2O3S/c1-23(2)10-14-15(24)9-12(8-11-4-6-13(21)7-5-11)16-17(20(25)26-3)19(22)27-18(14)16/h4-7,9,24H,8,10,22H2,1-3H3. The maximum atomic E-state index is 13.2. The molecule has 1 aromatic heterocycles. The molecule has 0 aliphatic heterocycles. The van der Waals surface area contributed by atoms with Crippen LogP contribution in [0.5, 0.6) is 5.75 Å². The summed E-state index contributed by atoms with van der Waals surface area (Å²) in [7, 11) is 5.11. The predicted octanol–water partition coefficient (Wildman–Crippen LogP) is 3.77. The summed E-state index contributed by atoms with van der Waals surface area (Å²) in [5.41, 5.74) is 8.76. The normalized spacial score (nSPS) is 11.3. The van der Waals surface area contributed by atoms with Gasteiger partial charge in [-0.1, -0.05) is 12.1 Å². The average molecular weight is 388 g/mol. The number of ether oxygens (including phenoxy) is 1. The van der Waals surface area contributed by atoms with Gasteiger partial charge in [0, 0.05) is 22.2 Å². The third kappa shape index (κ3) is 3.74. The summed E-state index contributed by atoms with van der Waals surface area (Å²) < 4.78 is 18.9. The van der Waals surface area contributed by atoms with Crippen LogP contribution in [0.3, 0.4) is 0 Å². The molecule has 0 saturated carbocycles. The number of esters is 1. The van der Waals surface area contributed by atoms with Crippen LogP contribution in [0.25, 0.3) is 10.1 Å². The molecular weight excluding hydrogens is 367 g/mol. The molecule has 1 heterocycles. The zero-order valence-electron chi connectivity index (χ0n) is 15.4. The monoisotopic (exact) mass is 388 g/mol. The molecule has 3 rings (SSSR count). The lowest BCUT2D eigenvalue weighted by atomic mass is 9.96. The maximum Gasteiger partial charge on any atom is 0.341 e. The highest BCUT2D eigenvalue weighted by molar-refractivity contribution is 7.23. The molecule has 0 fully saturated rings. The molecule has 27 heavy (non-hydrogen) atoms. The van der Waals surface area contributed by atoms with E-state index in [2.05, 4.69) is 0 Å². The first kappa shape index (κ1) is 19.1. The Morgan fingerprint density at radius 1 is 1.30 bits per heavy atom. The molecule has 3 aromatic rings. The number of nitrogens with two attached hydrogens (primary N) is 1. The summed E-state index contributed by atoms with van der Waals surface area (Å²) in [6.07, 6.45) is 0.423. The van der Waals surface area contributed by atoms with Gasteiger partial charge in [-0.3, -0.25) is 0 Å². The topological polar surface area (TPSA) is 75.8 Å². The highest BCUT2D eigenvalue weighted by Crippen LogP contribution is 2.42.